The zero-order chi connectivity index (χ0) is 16.7. The number of hydrogen-bond acceptors (Lipinski definition) is 4. The van der Waals surface area contributed by atoms with Gasteiger partial charge in [0.25, 0.3) is 5.91 Å². The van der Waals surface area contributed by atoms with Gasteiger partial charge in [-0.3, -0.25) is 10.1 Å². The second kappa shape index (κ2) is 5.96. The maximum absolute atomic E-state index is 13.8. The number of thiazole rings is 1. The molecule has 0 unspecified atom stereocenters. The Morgan fingerprint density at radius 2 is 2.17 bits per heavy atom. The molecule has 4 rings (SSSR count). The first kappa shape index (κ1) is 15.2. The van der Waals surface area contributed by atoms with Gasteiger partial charge >= 0.3 is 0 Å². The average Bonchev–Trinajstić information content (AvgIpc) is 2.95. The molecule has 0 atom stereocenters. The molecule has 1 amide bonds. The Hall–Kier alpha value is -2.31. The lowest BCUT2D eigenvalue weighted by atomic mass is 10.0. The van der Waals surface area contributed by atoms with Crippen molar-refractivity contribution in [2.45, 2.75) is 13.0 Å². The maximum Gasteiger partial charge on any atom is 0.258 e. The van der Waals surface area contributed by atoms with Crippen molar-refractivity contribution in [2.24, 2.45) is 0 Å². The highest BCUT2D eigenvalue weighted by Crippen LogP contribution is 2.29. The van der Waals surface area contributed by atoms with Crippen LogP contribution in [-0.2, 0) is 13.0 Å². The lowest BCUT2D eigenvalue weighted by Gasteiger charge is -2.20. The number of anilines is 1. The fraction of sp³-hybridized carbons (Fsp3) is 0.222. The molecule has 0 saturated carbocycles. The Morgan fingerprint density at radius 1 is 1.33 bits per heavy atom. The predicted octanol–water partition coefficient (Wildman–Crippen LogP) is 3.68. The smallest absolute Gasteiger partial charge is 0.258 e. The highest BCUT2D eigenvalue weighted by atomic mass is 32.1. The third kappa shape index (κ3) is 2.79. The Bertz CT molecular complexity index is 937. The van der Waals surface area contributed by atoms with Crippen LogP contribution in [0.4, 0.5) is 9.52 Å². The van der Waals surface area contributed by atoms with E-state index in [1.165, 1.54) is 28.3 Å². The van der Waals surface area contributed by atoms with Crippen molar-refractivity contribution < 1.29 is 9.18 Å². The van der Waals surface area contributed by atoms with Gasteiger partial charge in [0.05, 0.1) is 11.3 Å². The standard InChI is InChI=1S/C18H16FN3OS/c1-22-7-6-15-16(10-22)24-18(20-15)21-17(23)14-9-12(19)8-11-4-2-3-5-13(11)14/h2-5,8-9H,6-7,10H2,1H3,(H,20,21,23). The van der Waals surface area contributed by atoms with E-state index >= 15 is 0 Å². The number of amides is 1. The summed E-state index contributed by atoms with van der Waals surface area (Å²) in [5, 5.41) is 4.85. The van der Waals surface area contributed by atoms with Gasteiger partial charge in [0.15, 0.2) is 5.13 Å². The molecule has 122 valence electrons. The first-order valence-electron chi connectivity index (χ1n) is 7.77. The second-order valence-corrected chi connectivity index (χ2v) is 7.09. The van der Waals surface area contributed by atoms with Crippen molar-refractivity contribution in [3.63, 3.8) is 0 Å². The number of fused-ring (bicyclic) bond motifs is 2. The van der Waals surface area contributed by atoms with Crippen molar-refractivity contribution in [3.8, 4) is 0 Å². The van der Waals surface area contributed by atoms with Gasteiger partial charge in [0.2, 0.25) is 0 Å². The molecule has 0 spiro atoms. The molecule has 24 heavy (non-hydrogen) atoms. The summed E-state index contributed by atoms with van der Waals surface area (Å²) in [5.74, 6) is -0.746. The summed E-state index contributed by atoms with van der Waals surface area (Å²) in [6.07, 6.45) is 0.890. The van der Waals surface area contributed by atoms with Gasteiger partial charge in [-0.15, -0.1) is 11.3 Å². The van der Waals surface area contributed by atoms with Crippen LogP contribution in [0.1, 0.15) is 20.9 Å². The molecule has 6 heteroatoms. The summed E-state index contributed by atoms with van der Waals surface area (Å²) < 4.78 is 13.8. The second-order valence-electron chi connectivity index (χ2n) is 6.01. The van der Waals surface area contributed by atoms with Crippen molar-refractivity contribution in [2.75, 3.05) is 18.9 Å². The third-order valence-electron chi connectivity index (χ3n) is 4.21. The van der Waals surface area contributed by atoms with Gasteiger partial charge in [0.1, 0.15) is 5.82 Å². The number of nitrogens with zero attached hydrogens (tertiary/aromatic N) is 2. The Kier molecular flexibility index (Phi) is 3.78. The summed E-state index contributed by atoms with van der Waals surface area (Å²) in [4.78, 5) is 20.6. The fourth-order valence-electron chi connectivity index (χ4n) is 3.00. The normalized spacial score (nSPS) is 14.6. The van der Waals surface area contributed by atoms with Crippen molar-refractivity contribution in [1.29, 1.82) is 0 Å². The van der Waals surface area contributed by atoms with Crippen molar-refractivity contribution >= 4 is 33.1 Å². The number of nitrogens with one attached hydrogen (secondary N) is 1. The van der Waals surface area contributed by atoms with E-state index in [9.17, 15) is 9.18 Å². The molecular weight excluding hydrogens is 325 g/mol. The summed E-state index contributed by atoms with van der Waals surface area (Å²) in [6, 6.07) is 10.0. The molecule has 1 N–H and O–H groups in total. The molecule has 1 aliphatic rings. The Labute approximate surface area is 142 Å². The van der Waals surface area contributed by atoms with E-state index in [4.69, 9.17) is 0 Å². The first-order chi connectivity index (χ1) is 11.6. The highest BCUT2D eigenvalue weighted by molar-refractivity contribution is 7.15. The Balaban J connectivity index is 1.66. The van der Waals surface area contributed by atoms with Crippen LogP contribution in [0.2, 0.25) is 0 Å². The SMILES string of the molecule is CN1CCc2nc(NC(=O)c3cc(F)cc4ccccc34)sc2C1. The van der Waals surface area contributed by atoms with E-state index in [0.717, 1.165) is 30.6 Å². The van der Waals surface area contributed by atoms with Crippen LogP contribution in [0.3, 0.4) is 0 Å². The fourth-order valence-corrected chi connectivity index (χ4v) is 4.09. The van der Waals surface area contributed by atoms with E-state index in [2.05, 4.69) is 22.2 Å². The summed E-state index contributed by atoms with van der Waals surface area (Å²) >= 11 is 1.49. The highest BCUT2D eigenvalue weighted by Gasteiger charge is 2.20. The molecule has 2 heterocycles. The number of carbonyl (C=O) groups is 1. The number of hydrogen-bond donors (Lipinski definition) is 1. The van der Waals surface area contributed by atoms with Crippen LogP contribution in [-0.4, -0.2) is 29.4 Å². The van der Waals surface area contributed by atoms with Gasteiger partial charge in [0, 0.05) is 24.4 Å². The summed E-state index contributed by atoms with van der Waals surface area (Å²) in [6.45, 7) is 1.82. The number of rotatable bonds is 2. The van der Waals surface area contributed by atoms with E-state index in [1.807, 2.05) is 18.2 Å². The van der Waals surface area contributed by atoms with Crippen molar-refractivity contribution in [3.05, 3.63) is 58.3 Å². The molecular formula is C18H16FN3OS. The minimum atomic E-state index is -0.418. The van der Waals surface area contributed by atoms with E-state index in [0.29, 0.717) is 16.1 Å². The number of halogens is 1. The monoisotopic (exact) mass is 341 g/mol. The summed E-state index contributed by atoms with van der Waals surface area (Å²) in [7, 11) is 2.07. The van der Waals surface area contributed by atoms with Crippen LogP contribution in [0.15, 0.2) is 36.4 Å². The molecule has 0 radical (unpaired) electrons. The Morgan fingerprint density at radius 3 is 3.04 bits per heavy atom. The lowest BCUT2D eigenvalue weighted by molar-refractivity contribution is 0.102. The molecule has 0 saturated heterocycles. The molecule has 0 aliphatic carbocycles. The molecule has 4 nitrogen and oxygen atoms in total. The van der Waals surface area contributed by atoms with Gasteiger partial charge in [-0.1, -0.05) is 24.3 Å². The third-order valence-corrected chi connectivity index (χ3v) is 5.21. The van der Waals surface area contributed by atoms with Gasteiger partial charge in [-0.05, 0) is 30.0 Å². The molecule has 3 aromatic rings. The van der Waals surface area contributed by atoms with Gasteiger partial charge in [-0.2, -0.15) is 0 Å². The molecule has 2 aromatic carbocycles. The largest absolute Gasteiger partial charge is 0.301 e. The first-order valence-corrected chi connectivity index (χ1v) is 8.58. The van der Waals surface area contributed by atoms with Crippen LogP contribution in [0.5, 0.6) is 0 Å². The zero-order valence-corrected chi connectivity index (χ0v) is 14.0. The van der Waals surface area contributed by atoms with Crippen molar-refractivity contribution in [1.82, 2.24) is 9.88 Å². The minimum absolute atomic E-state index is 0.329. The van der Waals surface area contributed by atoms with Crippen LogP contribution < -0.4 is 5.32 Å². The lowest BCUT2D eigenvalue weighted by Crippen LogP contribution is -2.25. The maximum atomic E-state index is 13.8. The number of benzene rings is 2. The molecule has 1 aliphatic heterocycles. The summed E-state index contributed by atoms with van der Waals surface area (Å²) in [5.41, 5.74) is 1.38. The zero-order valence-electron chi connectivity index (χ0n) is 13.2. The molecule has 0 fully saturated rings. The number of carbonyl (C=O) groups excluding carboxylic acids is 1. The van der Waals surface area contributed by atoms with E-state index in [1.54, 1.807) is 6.07 Å². The van der Waals surface area contributed by atoms with Gasteiger partial charge in [-0.25, -0.2) is 9.37 Å². The van der Waals surface area contributed by atoms with Gasteiger partial charge < -0.3 is 4.90 Å². The minimum Gasteiger partial charge on any atom is -0.301 e. The predicted molar refractivity (Wildman–Crippen MR) is 94.0 cm³/mol. The molecule has 1 aromatic heterocycles. The van der Waals surface area contributed by atoms with Crippen LogP contribution in [0, 0.1) is 5.82 Å². The molecule has 0 bridgehead atoms. The van der Waals surface area contributed by atoms with Crippen LogP contribution in [0.25, 0.3) is 10.8 Å². The van der Waals surface area contributed by atoms with Crippen LogP contribution >= 0.6 is 11.3 Å². The number of likely N-dealkylation sites (N-methyl/N-ethyl adjacent to an activating group) is 1. The number of aromatic nitrogens is 1. The quantitative estimate of drug-likeness (QED) is 0.773. The topological polar surface area (TPSA) is 45.2 Å². The average molecular weight is 341 g/mol. The van der Waals surface area contributed by atoms with E-state index < -0.39 is 5.82 Å². The van der Waals surface area contributed by atoms with E-state index in [-0.39, 0.29) is 5.91 Å².